The van der Waals surface area contributed by atoms with Crippen molar-refractivity contribution in [2.24, 2.45) is 0 Å². The van der Waals surface area contributed by atoms with Gasteiger partial charge in [-0.05, 0) is 26.2 Å². The van der Waals surface area contributed by atoms with Gasteiger partial charge >= 0.3 is 0 Å². The lowest BCUT2D eigenvalue weighted by Crippen LogP contribution is -2.24. The van der Waals surface area contributed by atoms with Crippen molar-refractivity contribution in [3.05, 3.63) is 42.7 Å². The van der Waals surface area contributed by atoms with Crippen LogP contribution in [0.1, 0.15) is 0 Å². The second kappa shape index (κ2) is 7.35. The summed E-state index contributed by atoms with van der Waals surface area (Å²) in [5.41, 5.74) is 0.575. The molecule has 2 rings (SSSR count). The number of nitrogens with one attached hydrogen (secondary N) is 3. The van der Waals surface area contributed by atoms with Crippen LogP contribution in [-0.4, -0.2) is 41.4 Å². The lowest BCUT2D eigenvalue weighted by Gasteiger charge is -2.05. The minimum Gasteiger partial charge on any atom is -0.342 e. The van der Waals surface area contributed by atoms with Crippen LogP contribution in [0, 0.1) is 0 Å². The van der Waals surface area contributed by atoms with Crippen LogP contribution in [0.4, 0.5) is 5.69 Å². The first-order valence-electron chi connectivity index (χ1n) is 7.11. The summed E-state index contributed by atoms with van der Waals surface area (Å²) in [4.78, 5) is 11.2. The first-order valence-corrected chi connectivity index (χ1v) is 10.1. The Hall–Kier alpha value is -2.21. The van der Waals surface area contributed by atoms with E-state index in [9.17, 15) is 21.6 Å². The third kappa shape index (κ3) is 4.45. The summed E-state index contributed by atoms with van der Waals surface area (Å²) >= 11 is 0. The number of hydrogen-bond donors (Lipinski definition) is 3. The highest BCUT2D eigenvalue weighted by Gasteiger charge is 2.27. The number of aromatic nitrogens is 1. The van der Waals surface area contributed by atoms with Gasteiger partial charge in [0.2, 0.25) is 26.0 Å². The van der Waals surface area contributed by atoms with Gasteiger partial charge in [-0.1, -0.05) is 18.2 Å². The van der Waals surface area contributed by atoms with Crippen molar-refractivity contribution in [3.63, 3.8) is 0 Å². The van der Waals surface area contributed by atoms with Gasteiger partial charge in [0.1, 0.15) is 16.3 Å². The smallest absolute Gasteiger partial charge is 0.244 e. The van der Waals surface area contributed by atoms with Gasteiger partial charge < -0.3 is 9.88 Å². The van der Waals surface area contributed by atoms with Crippen LogP contribution in [0.5, 0.6) is 0 Å². The van der Waals surface area contributed by atoms with Crippen molar-refractivity contribution in [3.8, 4) is 0 Å². The highest BCUT2D eigenvalue weighted by molar-refractivity contribution is 7.92. The number of sulfonamides is 2. The maximum absolute atomic E-state index is 12.1. The molecule has 0 spiro atoms. The topological polar surface area (TPSA) is 126 Å². The van der Waals surface area contributed by atoms with Gasteiger partial charge in [0, 0.05) is 18.1 Å². The van der Waals surface area contributed by atoms with E-state index in [0.717, 1.165) is 12.4 Å². The molecule has 1 amide bonds. The molecule has 1 aromatic carbocycles. The minimum absolute atomic E-state index is 0.250. The molecule has 3 N–H and O–H groups in total. The van der Waals surface area contributed by atoms with E-state index in [1.54, 1.807) is 30.3 Å². The fourth-order valence-corrected chi connectivity index (χ4v) is 4.35. The SMILES string of the molecule is CNS(=O)(=O)c1cn(CC(=O)Nc2ccccc2)cc1S(=O)(=O)NC. The summed E-state index contributed by atoms with van der Waals surface area (Å²) in [6.07, 6.45) is 2.20. The molecular weight excluding hydrogens is 368 g/mol. The molecule has 136 valence electrons. The van der Waals surface area contributed by atoms with E-state index in [0.29, 0.717) is 5.69 Å². The summed E-state index contributed by atoms with van der Waals surface area (Å²) in [5, 5.41) is 2.63. The number of anilines is 1. The summed E-state index contributed by atoms with van der Waals surface area (Å²) in [6.45, 7) is -0.250. The highest BCUT2D eigenvalue weighted by Crippen LogP contribution is 2.22. The average molecular weight is 386 g/mol. The third-order valence-electron chi connectivity index (χ3n) is 3.31. The van der Waals surface area contributed by atoms with Crippen LogP contribution in [-0.2, 0) is 31.4 Å². The van der Waals surface area contributed by atoms with Crippen LogP contribution >= 0.6 is 0 Å². The molecule has 0 saturated heterocycles. The first-order chi connectivity index (χ1) is 11.7. The fraction of sp³-hybridized carbons (Fsp3) is 0.214. The third-order valence-corrected chi connectivity index (χ3v) is 6.32. The van der Waals surface area contributed by atoms with E-state index < -0.39 is 35.7 Å². The Labute approximate surface area is 146 Å². The Morgan fingerprint density at radius 2 is 1.40 bits per heavy atom. The number of benzene rings is 1. The number of carbonyl (C=O) groups excluding carboxylic acids is 1. The van der Waals surface area contributed by atoms with Gasteiger partial charge in [0.25, 0.3) is 0 Å². The van der Waals surface area contributed by atoms with Crippen molar-refractivity contribution in [2.75, 3.05) is 19.4 Å². The van der Waals surface area contributed by atoms with Crippen molar-refractivity contribution in [1.82, 2.24) is 14.0 Å². The number of nitrogens with zero attached hydrogens (tertiary/aromatic N) is 1. The number of amides is 1. The lowest BCUT2D eigenvalue weighted by molar-refractivity contribution is -0.116. The largest absolute Gasteiger partial charge is 0.342 e. The predicted molar refractivity (Wildman–Crippen MR) is 92.0 cm³/mol. The second-order valence-electron chi connectivity index (χ2n) is 4.99. The fourth-order valence-electron chi connectivity index (χ4n) is 2.07. The molecule has 0 fully saturated rings. The molecule has 25 heavy (non-hydrogen) atoms. The zero-order chi connectivity index (χ0) is 18.7. The molecule has 0 aliphatic carbocycles. The molecule has 1 aromatic heterocycles. The zero-order valence-electron chi connectivity index (χ0n) is 13.6. The maximum atomic E-state index is 12.1. The molecule has 9 nitrogen and oxygen atoms in total. The van der Waals surface area contributed by atoms with Gasteiger partial charge in [-0.2, -0.15) is 0 Å². The van der Waals surface area contributed by atoms with Crippen LogP contribution in [0.15, 0.2) is 52.5 Å². The molecule has 0 saturated carbocycles. The quantitative estimate of drug-likeness (QED) is 0.615. The van der Waals surface area contributed by atoms with E-state index in [-0.39, 0.29) is 6.54 Å². The molecule has 0 aliphatic heterocycles. The zero-order valence-corrected chi connectivity index (χ0v) is 15.2. The number of para-hydroxylation sites is 1. The maximum Gasteiger partial charge on any atom is 0.244 e. The summed E-state index contributed by atoms with van der Waals surface area (Å²) < 4.78 is 53.6. The highest BCUT2D eigenvalue weighted by atomic mass is 32.2. The summed E-state index contributed by atoms with van der Waals surface area (Å²) in [6, 6.07) is 8.69. The second-order valence-corrected chi connectivity index (χ2v) is 8.70. The number of hydrogen-bond acceptors (Lipinski definition) is 5. The lowest BCUT2D eigenvalue weighted by atomic mass is 10.3. The van der Waals surface area contributed by atoms with E-state index in [1.165, 1.54) is 18.7 Å². The number of rotatable bonds is 7. The van der Waals surface area contributed by atoms with E-state index in [4.69, 9.17) is 0 Å². The van der Waals surface area contributed by atoms with Gasteiger partial charge in [-0.15, -0.1) is 0 Å². The van der Waals surface area contributed by atoms with Crippen LogP contribution in [0.3, 0.4) is 0 Å². The Balaban J connectivity index is 2.34. The average Bonchev–Trinajstić information content (AvgIpc) is 3.01. The summed E-state index contributed by atoms with van der Waals surface area (Å²) in [7, 11) is -5.69. The number of carbonyl (C=O) groups is 1. The van der Waals surface area contributed by atoms with Gasteiger partial charge in [-0.3, -0.25) is 4.79 Å². The first kappa shape index (κ1) is 19.1. The van der Waals surface area contributed by atoms with Crippen LogP contribution < -0.4 is 14.8 Å². The Kier molecular flexibility index (Phi) is 5.62. The minimum atomic E-state index is -4.02. The van der Waals surface area contributed by atoms with Gasteiger partial charge in [0.15, 0.2) is 0 Å². The molecule has 0 bridgehead atoms. The van der Waals surface area contributed by atoms with E-state index in [1.807, 2.05) is 0 Å². The van der Waals surface area contributed by atoms with Crippen molar-refractivity contribution < 1.29 is 21.6 Å². The van der Waals surface area contributed by atoms with Crippen LogP contribution in [0.2, 0.25) is 0 Å². The standard InChI is InChI=1S/C14H18N4O5S2/c1-15-24(20,21)12-8-18(9-13(12)25(22,23)16-2)10-14(19)17-11-6-4-3-5-7-11/h3-9,15-16H,10H2,1-2H3,(H,17,19). The van der Waals surface area contributed by atoms with Crippen molar-refractivity contribution in [2.45, 2.75) is 16.3 Å². The van der Waals surface area contributed by atoms with Crippen LogP contribution in [0.25, 0.3) is 0 Å². The Morgan fingerprint density at radius 1 is 0.920 bits per heavy atom. The molecular formula is C14H18N4O5S2. The molecule has 11 heteroatoms. The molecule has 0 radical (unpaired) electrons. The van der Waals surface area contributed by atoms with Crippen molar-refractivity contribution >= 4 is 31.6 Å². The molecule has 0 unspecified atom stereocenters. The van der Waals surface area contributed by atoms with E-state index >= 15 is 0 Å². The van der Waals surface area contributed by atoms with Crippen molar-refractivity contribution in [1.29, 1.82) is 0 Å². The summed E-state index contributed by atoms with van der Waals surface area (Å²) in [5.74, 6) is -0.428. The van der Waals surface area contributed by atoms with E-state index in [2.05, 4.69) is 14.8 Å². The predicted octanol–water partition coefficient (Wildman–Crippen LogP) is -0.0570. The molecule has 1 heterocycles. The normalized spacial score (nSPS) is 12.1. The Morgan fingerprint density at radius 3 is 1.84 bits per heavy atom. The molecule has 0 aliphatic rings. The van der Waals surface area contributed by atoms with Gasteiger partial charge in [-0.25, -0.2) is 26.3 Å². The molecule has 0 atom stereocenters. The molecule has 2 aromatic rings. The monoisotopic (exact) mass is 386 g/mol. The Bertz CT molecular complexity index is 914. The van der Waals surface area contributed by atoms with Gasteiger partial charge in [0.05, 0.1) is 0 Å².